The van der Waals surface area contributed by atoms with Crippen LogP contribution >= 0.6 is 0 Å². The molecule has 0 aromatic heterocycles. The Morgan fingerprint density at radius 2 is 1.67 bits per heavy atom. The fourth-order valence-corrected chi connectivity index (χ4v) is 6.07. The van der Waals surface area contributed by atoms with Gasteiger partial charge in [0.25, 0.3) is 0 Å². The highest BCUT2D eigenvalue weighted by molar-refractivity contribution is 5.83. The van der Waals surface area contributed by atoms with Crippen LogP contribution in [0.3, 0.4) is 0 Å². The molecule has 0 saturated carbocycles. The normalized spacial score (nSPS) is 31.3. The van der Waals surface area contributed by atoms with E-state index < -0.39 is 35.2 Å². The van der Waals surface area contributed by atoms with Crippen molar-refractivity contribution in [2.75, 3.05) is 0 Å². The topological polar surface area (TPSA) is 26.3 Å². The zero-order chi connectivity index (χ0) is 24.6. The van der Waals surface area contributed by atoms with Crippen LogP contribution in [-0.4, -0.2) is 24.0 Å². The van der Waals surface area contributed by atoms with Gasteiger partial charge in [-0.1, -0.05) is 44.1 Å². The summed E-state index contributed by atoms with van der Waals surface area (Å²) in [4.78, 5) is 11.7. The number of ether oxygens (including phenoxy) is 1. The van der Waals surface area contributed by atoms with Gasteiger partial charge >= 0.3 is 24.0 Å². The number of carbonyl (C=O) groups is 1. The van der Waals surface area contributed by atoms with Gasteiger partial charge in [0.05, 0.1) is 0 Å². The van der Waals surface area contributed by atoms with E-state index in [1.54, 1.807) is 6.08 Å². The van der Waals surface area contributed by atoms with Gasteiger partial charge in [-0.3, -0.25) is 0 Å². The minimum Gasteiger partial charge on any atom is -0.424 e. The van der Waals surface area contributed by atoms with E-state index in [-0.39, 0.29) is 11.3 Å². The predicted octanol–water partition coefficient (Wildman–Crippen LogP) is 7.30. The van der Waals surface area contributed by atoms with Crippen molar-refractivity contribution in [3.05, 3.63) is 46.8 Å². The monoisotopic (exact) mass is 478 g/mol. The van der Waals surface area contributed by atoms with Gasteiger partial charge in [0.2, 0.25) is 0 Å². The highest BCUT2D eigenvalue weighted by Crippen LogP contribution is 2.60. The van der Waals surface area contributed by atoms with Crippen molar-refractivity contribution >= 4 is 5.97 Å². The lowest BCUT2D eigenvalue weighted by atomic mass is 9.55. The summed E-state index contributed by atoms with van der Waals surface area (Å²) in [6.45, 7) is 6.47. The van der Waals surface area contributed by atoms with E-state index in [4.69, 9.17) is 0 Å². The molecule has 0 fully saturated rings. The predicted molar refractivity (Wildman–Crippen MR) is 106 cm³/mol. The van der Waals surface area contributed by atoms with E-state index in [1.165, 1.54) is 23.3 Å². The average molecular weight is 478 g/mol. The summed E-state index contributed by atoms with van der Waals surface area (Å²) in [5.74, 6) is -3.06. The second-order valence-electron chi connectivity index (χ2n) is 10.2. The van der Waals surface area contributed by atoms with Crippen LogP contribution in [0.25, 0.3) is 0 Å². The highest BCUT2D eigenvalue weighted by atomic mass is 19.4. The summed E-state index contributed by atoms with van der Waals surface area (Å²) in [6.07, 6.45) is -2.36. The van der Waals surface area contributed by atoms with Crippen LogP contribution in [-0.2, 0) is 9.53 Å². The van der Waals surface area contributed by atoms with E-state index in [0.29, 0.717) is 17.9 Å². The van der Waals surface area contributed by atoms with Gasteiger partial charge in [-0.25, -0.2) is 9.18 Å². The van der Waals surface area contributed by atoms with E-state index in [2.05, 4.69) is 18.6 Å². The zero-order valence-electron chi connectivity index (χ0n) is 18.5. The van der Waals surface area contributed by atoms with E-state index in [0.717, 1.165) is 25.7 Å². The van der Waals surface area contributed by atoms with Gasteiger partial charge in [-0.2, -0.15) is 26.3 Å². The Labute approximate surface area is 187 Å². The molecular formula is C24H25F7O2. The minimum atomic E-state index is -6.50. The highest BCUT2D eigenvalue weighted by Gasteiger charge is 2.79. The first-order valence-electron chi connectivity index (χ1n) is 10.9. The summed E-state index contributed by atoms with van der Waals surface area (Å²) in [7, 11) is 0. The van der Waals surface area contributed by atoms with E-state index >= 15 is 0 Å². The minimum absolute atomic E-state index is 0.171. The molecule has 0 saturated heterocycles. The maximum absolute atomic E-state index is 14.0. The molecule has 2 nitrogen and oxygen atoms in total. The molecule has 4 aliphatic carbocycles. The molecule has 3 unspecified atom stereocenters. The molecule has 0 radical (unpaired) electrons. The molecule has 0 amide bonds. The van der Waals surface area contributed by atoms with Crippen LogP contribution in [0, 0.1) is 22.7 Å². The van der Waals surface area contributed by atoms with Crippen LogP contribution in [0.4, 0.5) is 30.7 Å². The Morgan fingerprint density at radius 1 is 1.03 bits per heavy atom. The standard InChI is InChI=1S/C24H25F7O2/c1-20(2)10-9-16-15-5-4-13-12-14(8-11-21(13,3)18(15)7-6-17(16)20)33-19(32)22(25,23(26,27)28)24(29,30)31/h4,8,11-12,15,18H,5-7,9-10H2,1-3H3. The van der Waals surface area contributed by atoms with Crippen molar-refractivity contribution in [3.8, 4) is 0 Å². The maximum Gasteiger partial charge on any atom is 0.442 e. The fourth-order valence-electron chi connectivity index (χ4n) is 6.07. The Bertz CT molecular complexity index is 979. The number of hydrogen-bond acceptors (Lipinski definition) is 2. The molecule has 0 bridgehead atoms. The lowest BCUT2D eigenvalue weighted by Gasteiger charge is -2.49. The van der Waals surface area contributed by atoms with E-state index in [9.17, 15) is 35.5 Å². The van der Waals surface area contributed by atoms with Crippen LogP contribution < -0.4 is 0 Å². The quantitative estimate of drug-likeness (QED) is 0.237. The fraction of sp³-hybridized carbons (Fsp3) is 0.625. The van der Waals surface area contributed by atoms with Crippen molar-refractivity contribution in [2.45, 2.75) is 70.9 Å². The number of hydrogen-bond donors (Lipinski definition) is 0. The SMILES string of the molecule is CC1(C)CCC2=C1CCC1C2CC=C2C=C(OC(=O)C(F)(C(F)(F)F)C(F)(F)F)C=CC21C. The van der Waals surface area contributed by atoms with Crippen molar-refractivity contribution in [3.63, 3.8) is 0 Å². The number of halogens is 7. The summed E-state index contributed by atoms with van der Waals surface area (Å²) in [5, 5.41) is 0. The van der Waals surface area contributed by atoms with Crippen molar-refractivity contribution in [1.29, 1.82) is 0 Å². The van der Waals surface area contributed by atoms with Crippen molar-refractivity contribution in [2.24, 2.45) is 22.7 Å². The Balaban J connectivity index is 1.61. The van der Waals surface area contributed by atoms with Crippen LogP contribution in [0.1, 0.15) is 52.9 Å². The van der Waals surface area contributed by atoms with Crippen molar-refractivity contribution in [1.82, 2.24) is 0 Å². The molecule has 0 heterocycles. The molecule has 3 atom stereocenters. The third-order valence-electron chi connectivity index (χ3n) is 8.01. The average Bonchev–Trinajstić information content (AvgIpc) is 3.00. The first-order valence-corrected chi connectivity index (χ1v) is 10.9. The van der Waals surface area contributed by atoms with Gasteiger partial charge in [0, 0.05) is 5.41 Å². The van der Waals surface area contributed by atoms with Crippen LogP contribution in [0.5, 0.6) is 0 Å². The molecule has 0 aliphatic heterocycles. The van der Waals surface area contributed by atoms with Gasteiger partial charge in [-0.15, -0.1) is 0 Å². The summed E-state index contributed by atoms with van der Waals surface area (Å²) < 4.78 is 95.3. The largest absolute Gasteiger partial charge is 0.442 e. The van der Waals surface area contributed by atoms with Crippen LogP contribution in [0.15, 0.2) is 46.8 Å². The molecule has 0 N–H and O–H groups in total. The molecule has 0 aromatic rings. The summed E-state index contributed by atoms with van der Waals surface area (Å²) in [6, 6.07) is 0. The third kappa shape index (κ3) is 3.48. The van der Waals surface area contributed by atoms with E-state index in [1.807, 2.05) is 13.0 Å². The number of allylic oxidation sites excluding steroid dienone is 7. The van der Waals surface area contributed by atoms with Crippen molar-refractivity contribution < 1.29 is 40.3 Å². The summed E-state index contributed by atoms with van der Waals surface area (Å²) >= 11 is 0. The number of rotatable bonds is 2. The van der Waals surface area contributed by atoms with Gasteiger partial charge in [0.1, 0.15) is 5.76 Å². The second kappa shape index (κ2) is 7.22. The molecular weight excluding hydrogens is 453 g/mol. The number of alkyl halides is 7. The molecule has 182 valence electrons. The molecule has 9 heteroatoms. The number of fused-ring (bicyclic) bond motifs is 4. The number of carbonyl (C=O) groups excluding carboxylic acids is 1. The van der Waals surface area contributed by atoms with Crippen LogP contribution in [0.2, 0.25) is 0 Å². The first-order chi connectivity index (χ1) is 15.0. The maximum atomic E-state index is 14.0. The molecule has 4 rings (SSSR count). The Morgan fingerprint density at radius 3 is 2.27 bits per heavy atom. The van der Waals surface area contributed by atoms with Gasteiger partial charge < -0.3 is 4.74 Å². The first kappa shape index (κ1) is 24.1. The zero-order valence-corrected chi connectivity index (χ0v) is 18.5. The Kier molecular flexibility index (Phi) is 5.27. The molecule has 0 spiro atoms. The smallest absolute Gasteiger partial charge is 0.424 e. The third-order valence-corrected chi connectivity index (χ3v) is 8.01. The van der Waals surface area contributed by atoms with Gasteiger partial charge in [-0.05, 0) is 67.1 Å². The second-order valence-corrected chi connectivity index (χ2v) is 10.2. The lowest BCUT2D eigenvalue weighted by molar-refractivity contribution is -0.331. The molecule has 0 aromatic carbocycles. The lowest BCUT2D eigenvalue weighted by Crippen LogP contribution is -2.59. The number of esters is 1. The van der Waals surface area contributed by atoms with Gasteiger partial charge in [0.15, 0.2) is 0 Å². The summed E-state index contributed by atoms with van der Waals surface area (Å²) in [5.41, 5.74) is -2.81. The molecule has 33 heavy (non-hydrogen) atoms. The Hall–Kier alpha value is -2.06. The molecule has 4 aliphatic rings.